The van der Waals surface area contributed by atoms with Gasteiger partial charge in [-0.25, -0.2) is 4.39 Å². The van der Waals surface area contributed by atoms with E-state index < -0.39 is 11.9 Å². The number of benzene rings is 2. The van der Waals surface area contributed by atoms with Crippen LogP contribution in [-0.2, 0) is 11.2 Å². The van der Waals surface area contributed by atoms with Gasteiger partial charge >= 0.3 is 0 Å². The van der Waals surface area contributed by atoms with E-state index in [-0.39, 0.29) is 5.91 Å². The van der Waals surface area contributed by atoms with Crippen molar-refractivity contribution in [2.24, 2.45) is 0 Å². The Bertz CT molecular complexity index is 717. The second-order valence-corrected chi connectivity index (χ2v) is 5.89. The number of carbonyl (C=O) groups excluding carboxylic acids is 1. The average molecular weight is 350 g/mol. The third-order valence-corrected chi connectivity index (χ3v) is 4.32. The molecule has 5 heteroatoms. The highest BCUT2D eigenvalue weighted by Crippen LogP contribution is 2.32. The summed E-state index contributed by atoms with van der Waals surface area (Å²) < 4.78 is 14.0. The zero-order valence-electron chi connectivity index (χ0n) is 11.1. The van der Waals surface area contributed by atoms with Crippen LogP contribution >= 0.6 is 15.9 Å². The van der Waals surface area contributed by atoms with Gasteiger partial charge in [-0.05, 0) is 41.8 Å². The summed E-state index contributed by atoms with van der Waals surface area (Å²) in [5, 5.41) is 13.3. The molecule has 0 radical (unpaired) electrons. The number of amides is 1. The molecule has 1 aliphatic heterocycles. The molecule has 0 aliphatic carbocycles. The fraction of sp³-hybridized carbons (Fsp3) is 0.188. The second kappa shape index (κ2) is 5.58. The predicted octanol–water partition coefficient (Wildman–Crippen LogP) is 3.55. The summed E-state index contributed by atoms with van der Waals surface area (Å²) >= 11 is 3.33. The maximum absolute atomic E-state index is 13.4. The molecule has 0 bridgehead atoms. The van der Waals surface area contributed by atoms with Gasteiger partial charge in [0.05, 0.1) is 0 Å². The van der Waals surface area contributed by atoms with Crippen LogP contribution in [0.5, 0.6) is 0 Å². The minimum absolute atomic E-state index is 0.00340. The number of aliphatic hydroxyl groups is 1. The van der Waals surface area contributed by atoms with Gasteiger partial charge in [-0.15, -0.1) is 0 Å². The van der Waals surface area contributed by atoms with E-state index in [1.54, 1.807) is 18.2 Å². The van der Waals surface area contributed by atoms with E-state index in [1.165, 1.54) is 12.1 Å². The summed E-state index contributed by atoms with van der Waals surface area (Å²) in [5.74, 6) is -0.388. The number of aliphatic hydroxyl groups excluding tert-OH is 1. The van der Waals surface area contributed by atoms with Crippen LogP contribution in [0.3, 0.4) is 0 Å². The van der Waals surface area contributed by atoms with Crippen LogP contribution in [0, 0.1) is 5.82 Å². The first-order chi connectivity index (χ1) is 10.0. The van der Waals surface area contributed by atoms with Crippen molar-refractivity contribution >= 4 is 27.5 Å². The molecule has 3 nitrogen and oxygen atoms in total. The number of nitrogens with one attached hydrogen (secondary N) is 1. The quantitative estimate of drug-likeness (QED) is 0.870. The van der Waals surface area contributed by atoms with E-state index in [4.69, 9.17) is 0 Å². The molecule has 1 unspecified atom stereocenters. The van der Waals surface area contributed by atoms with Crippen molar-refractivity contribution in [3.05, 3.63) is 63.4 Å². The first-order valence-corrected chi connectivity index (χ1v) is 7.39. The Hall–Kier alpha value is -1.72. The highest BCUT2D eigenvalue weighted by Gasteiger charge is 2.19. The predicted molar refractivity (Wildman–Crippen MR) is 81.6 cm³/mol. The summed E-state index contributed by atoms with van der Waals surface area (Å²) in [6.07, 6.45) is 0.167. The van der Waals surface area contributed by atoms with Crippen molar-refractivity contribution < 1.29 is 14.3 Å². The van der Waals surface area contributed by atoms with Gasteiger partial charge < -0.3 is 10.4 Å². The third kappa shape index (κ3) is 2.84. The Morgan fingerprint density at radius 1 is 1.19 bits per heavy atom. The Morgan fingerprint density at radius 2 is 2.00 bits per heavy atom. The van der Waals surface area contributed by atoms with Gasteiger partial charge in [-0.1, -0.05) is 28.1 Å². The maximum atomic E-state index is 13.4. The Labute approximate surface area is 129 Å². The number of aryl methyl sites for hydroxylation is 1. The van der Waals surface area contributed by atoms with Gasteiger partial charge in [0.25, 0.3) is 0 Å². The van der Waals surface area contributed by atoms with Gasteiger partial charge in [0, 0.05) is 22.1 Å². The first kappa shape index (κ1) is 14.2. The highest BCUT2D eigenvalue weighted by molar-refractivity contribution is 9.10. The Balaban J connectivity index is 1.97. The van der Waals surface area contributed by atoms with Crippen molar-refractivity contribution in [3.63, 3.8) is 0 Å². The fourth-order valence-electron chi connectivity index (χ4n) is 2.48. The first-order valence-electron chi connectivity index (χ1n) is 6.60. The molecule has 1 amide bonds. The highest BCUT2D eigenvalue weighted by atomic mass is 79.9. The van der Waals surface area contributed by atoms with Gasteiger partial charge in [0.1, 0.15) is 11.9 Å². The van der Waals surface area contributed by atoms with Crippen molar-refractivity contribution in [1.82, 2.24) is 0 Å². The minimum Gasteiger partial charge on any atom is -0.384 e. The molecule has 0 saturated carbocycles. The summed E-state index contributed by atoms with van der Waals surface area (Å²) in [6.45, 7) is 0. The van der Waals surface area contributed by atoms with Crippen LogP contribution in [0.4, 0.5) is 10.1 Å². The number of rotatable bonds is 2. The molecular weight excluding hydrogens is 337 g/mol. The molecule has 0 saturated heterocycles. The number of fused-ring (bicyclic) bond motifs is 1. The molecule has 2 aromatic carbocycles. The molecule has 3 rings (SSSR count). The molecule has 1 heterocycles. The van der Waals surface area contributed by atoms with E-state index in [0.29, 0.717) is 28.4 Å². The molecule has 2 N–H and O–H groups in total. The Kier molecular flexibility index (Phi) is 3.78. The smallest absolute Gasteiger partial charge is 0.224 e. The van der Waals surface area contributed by atoms with Gasteiger partial charge in [-0.2, -0.15) is 0 Å². The number of halogens is 2. The summed E-state index contributed by atoms with van der Waals surface area (Å²) in [7, 11) is 0. The molecule has 1 aliphatic rings. The second-order valence-electron chi connectivity index (χ2n) is 5.03. The van der Waals surface area contributed by atoms with Crippen LogP contribution in [0.1, 0.15) is 29.2 Å². The van der Waals surface area contributed by atoms with Gasteiger partial charge in [0.15, 0.2) is 0 Å². The number of hydrogen-bond donors (Lipinski definition) is 2. The van der Waals surface area contributed by atoms with Gasteiger partial charge in [0.2, 0.25) is 5.91 Å². The molecule has 2 aromatic rings. The van der Waals surface area contributed by atoms with E-state index in [9.17, 15) is 14.3 Å². The maximum Gasteiger partial charge on any atom is 0.224 e. The number of anilines is 1. The zero-order valence-corrected chi connectivity index (χ0v) is 12.7. The molecular formula is C16H13BrFNO2. The lowest BCUT2D eigenvalue weighted by molar-refractivity contribution is -0.116. The van der Waals surface area contributed by atoms with Crippen LogP contribution in [0.25, 0.3) is 0 Å². The lowest BCUT2D eigenvalue weighted by Gasteiger charge is -2.20. The Morgan fingerprint density at radius 3 is 2.81 bits per heavy atom. The standard InChI is InChI=1S/C16H13BrFNO2/c17-13-4-3-11(18)8-12(13)16(21)10-1-5-14-9(7-10)2-6-15(20)19-14/h1,3-5,7-8,16,21H,2,6H2,(H,19,20). The van der Waals surface area contributed by atoms with Crippen LogP contribution < -0.4 is 5.32 Å². The van der Waals surface area contributed by atoms with E-state index in [1.807, 2.05) is 6.07 Å². The number of carbonyl (C=O) groups is 1. The molecule has 0 fully saturated rings. The van der Waals surface area contributed by atoms with E-state index >= 15 is 0 Å². The largest absolute Gasteiger partial charge is 0.384 e. The van der Waals surface area contributed by atoms with E-state index in [0.717, 1.165) is 11.3 Å². The minimum atomic E-state index is -0.919. The average Bonchev–Trinajstić information content (AvgIpc) is 2.48. The fourth-order valence-corrected chi connectivity index (χ4v) is 2.94. The van der Waals surface area contributed by atoms with Crippen molar-refractivity contribution in [2.45, 2.75) is 18.9 Å². The van der Waals surface area contributed by atoms with Gasteiger partial charge in [-0.3, -0.25) is 4.79 Å². The lowest BCUT2D eigenvalue weighted by Crippen LogP contribution is -2.19. The van der Waals surface area contributed by atoms with Crippen LogP contribution in [0.15, 0.2) is 40.9 Å². The molecule has 108 valence electrons. The molecule has 1 atom stereocenters. The zero-order chi connectivity index (χ0) is 15.0. The molecule has 0 aromatic heterocycles. The summed E-state index contributed by atoms with van der Waals surface area (Å²) in [6, 6.07) is 9.60. The summed E-state index contributed by atoms with van der Waals surface area (Å²) in [5.41, 5.74) is 2.92. The lowest BCUT2D eigenvalue weighted by atomic mass is 9.95. The van der Waals surface area contributed by atoms with Crippen molar-refractivity contribution in [3.8, 4) is 0 Å². The van der Waals surface area contributed by atoms with Crippen LogP contribution in [-0.4, -0.2) is 11.0 Å². The third-order valence-electron chi connectivity index (χ3n) is 3.59. The molecule has 0 spiro atoms. The van der Waals surface area contributed by atoms with Crippen molar-refractivity contribution in [2.75, 3.05) is 5.32 Å². The SMILES string of the molecule is O=C1CCc2cc(C(O)c3cc(F)ccc3Br)ccc2N1. The molecule has 21 heavy (non-hydrogen) atoms. The summed E-state index contributed by atoms with van der Waals surface area (Å²) in [4.78, 5) is 11.3. The normalized spacial score (nSPS) is 15.3. The monoisotopic (exact) mass is 349 g/mol. The van der Waals surface area contributed by atoms with E-state index in [2.05, 4.69) is 21.2 Å². The topological polar surface area (TPSA) is 49.3 Å². The van der Waals surface area contributed by atoms with Crippen molar-refractivity contribution in [1.29, 1.82) is 0 Å². The number of hydrogen-bond acceptors (Lipinski definition) is 2. The van der Waals surface area contributed by atoms with Crippen LogP contribution in [0.2, 0.25) is 0 Å².